The maximum Gasteiger partial charge on any atom is 0.490 e. The van der Waals surface area contributed by atoms with Gasteiger partial charge in [-0.05, 0) is 5.56 Å². The fourth-order valence-electron chi connectivity index (χ4n) is 1.40. The SMILES string of the molecule is O=C(NCc1ccccc1)C1CNC1.O=C(O)C(F)(F)F. The highest BCUT2D eigenvalue weighted by Gasteiger charge is 2.38. The van der Waals surface area contributed by atoms with E-state index in [4.69, 9.17) is 9.90 Å². The fraction of sp³-hybridized carbons (Fsp3) is 0.385. The summed E-state index contributed by atoms with van der Waals surface area (Å²) in [5.74, 6) is -2.42. The minimum atomic E-state index is -5.08. The summed E-state index contributed by atoms with van der Waals surface area (Å²) in [6.07, 6.45) is -5.08. The summed E-state index contributed by atoms with van der Waals surface area (Å²) in [5, 5.41) is 13.1. The molecule has 1 aromatic carbocycles. The highest BCUT2D eigenvalue weighted by atomic mass is 19.4. The Labute approximate surface area is 119 Å². The normalized spacial score (nSPS) is 14.4. The Bertz CT molecular complexity index is 473. The van der Waals surface area contributed by atoms with E-state index < -0.39 is 12.1 Å². The largest absolute Gasteiger partial charge is 0.490 e. The summed E-state index contributed by atoms with van der Waals surface area (Å²) in [5.41, 5.74) is 1.15. The monoisotopic (exact) mass is 304 g/mol. The first-order valence-corrected chi connectivity index (χ1v) is 6.13. The van der Waals surface area contributed by atoms with E-state index in [0.717, 1.165) is 18.7 Å². The molecule has 1 aliphatic rings. The molecular weight excluding hydrogens is 289 g/mol. The van der Waals surface area contributed by atoms with E-state index in [-0.39, 0.29) is 11.8 Å². The number of hydrogen-bond acceptors (Lipinski definition) is 3. The maximum absolute atomic E-state index is 11.4. The summed E-state index contributed by atoms with van der Waals surface area (Å²) in [6, 6.07) is 9.96. The average molecular weight is 304 g/mol. The first-order valence-electron chi connectivity index (χ1n) is 6.13. The van der Waals surface area contributed by atoms with Crippen molar-refractivity contribution in [3.63, 3.8) is 0 Å². The number of hydrogen-bond donors (Lipinski definition) is 3. The van der Waals surface area contributed by atoms with Gasteiger partial charge in [-0.1, -0.05) is 30.3 Å². The first-order chi connectivity index (χ1) is 9.80. The van der Waals surface area contributed by atoms with E-state index in [1.54, 1.807) is 0 Å². The van der Waals surface area contributed by atoms with E-state index in [0.29, 0.717) is 6.54 Å². The molecule has 8 heteroatoms. The van der Waals surface area contributed by atoms with Gasteiger partial charge in [-0.25, -0.2) is 4.79 Å². The van der Waals surface area contributed by atoms with Gasteiger partial charge in [0.05, 0.1) is 5.92 Å². The van der Waals surface area contributed by atoms with Crippen molar-refractivity contribution in [2.24, 2.45) is 5.92 Å². The quantitative estimate of drug-likeness (QED) is 0.783. The molecule has 0 radical (unpaired) electrons. The summed E-state index contributed by atoms with van der Waals surface area (Å²) < 4.78 is 31.7. The van der Waals surface area contributed by atoms with Gasteiger partial charge >= 0.3 is 12.1 Å². The Balaban J connectivity index is 0.000000270. The zero-order valence-electron chi connectivity index (χ0n) is 11.0. The lowest BCUT2D eigenvalue weighted by Crippen LogP contribution is -2.50. The van der Waals surface area contributed by atoms with Crippen LogP contribution in [0.5, 0.6) is 0 Å². The van der Waals surface area contributed by atoms with Gasteiger partial charge in [-0.15, -0.1) is 0 Å². The van der Waals surface area contributed by atoms with Crippen LogP contribution >= 0.6 is 0 Å². The second-order valence-corrected chi connectivity index (χ2v) is 4.36. The Hall–Kier alpha value is -2.09. The highest BCUT2D eigenvalue weighted by molar-refractivity contribution is 5.79. The zero-order chi connectivity index (χ0) is 15.9. The van der Waals surface area contributed by atoms with Crippen molar-refractivity contribution in [3.05, 3.63) is 35.9 Å². The van der Waals surface area contributed by atoms with E-state index in [1.165, 1.54) is 0 Å². The van der Waals surface area contributed by atoms with Crippen molar-refractivity contribution in [1.29, 1.82) is 0 Å². The van der Waals surface area contributed by atoms with Crippen LogP contribution in [0.1, 0.15) is 5.56 Å². The van der Waals surface area contributed by atoms with Crippen molar-refractivity contribution < 1.29 is 27.9 Å². The highest BCUT2D eigenvalue weighted by Crippen LogP contribution is 2.13. The Morgan fingerprint density at radius 3 is 2.14 bits per heavy atom. The number of halogens is 3. The zero-order valence-corrected chi connectivity index (χ0v) is 11.0. The lowest BCUT2D eigenvalue weighted by atomic mass is 10.0. The molecule has 0 spiro atoms. The minimum absolute atomic E-state index is 0.160. The molecule has 2 rings (SSSR count). The number of alkyl halides is 3. The van der Waals surface area contributed by atoms with Crippen LogP contribution in [0.15, 0.2) is 30.3 Å². The molecule has 0 aliphatic carbocycles. The molecule has 1 aromatic rings. The Morgan fingerprint density at radius 2 is 1.76 bits per heavy atom. The van der Waals surface area contributed by atoms with Crippen LogP contribution in [-0.2, 0) is 16.1 Å². The maximum atomic E-state index is 11.4. The summed E-state index contributed by atoms with van der Waals surface area (Å²) in [7, 11) is 0. The number of carboxylic acid groups (broad SMARTS) is 1. The third-order valence-electron chi connectivity index (χ3n) is 2.70. The molecule has 0 unspecified atom stereocenters. The lowest BCUT2D eigenvalue weighted by molar-refractivity contribution is -0.192. The van der Waals surface area contributed by atoms with Gasteiger partial charge in [0.1, 0.15) is 0 Å². The molecule has 1 aliphatic heterocycles. The first kappa shape index (κ1) is 17.0. The molecule has 116 valence electrons. The van der Waals surface area contributed by atoms with Gasteiger partial charge in [0.25, 0.3) is 0 Å². The number of carboxylic acids is 1. The standard InChI is InChI=1S/C11H14N2O.C2HF3O2/c14-11(10-7-12-8-10)13-6-9-4-2-1-3-5-9;3-2(4,5)1(6)7/h1-5,10,12H,6-8H2,(H,13,14);(H,6,7). The van der Waals surface area contributed by atoms with Gasteiger partial charge in [-0.2, -0.15) is 13.2 Å². The number of carbonyl (C=O) groups excluding carboxylic acids is 1. The van der Waals surface area contributed by atoms with E-state index >= 15 is 0 Å². The van der Waals surface area contributed by atoms with Crippen molar-refractivity contribution >= 4 is 11.9 Å². The number of amides is 1. The lowest BCUT2D eigenvalue weighted by Gasteiger charge is -2.25. The van der Waals surface area contributed by atoms with Crippen LogP contribution in [0.2, 0.25) is 0 Å². The Morgan fingerprint density at radius 1 is 1.24 bits per heavy atom. The summed E-state index contributed by atoms with van der Waals surface area (Å²) >= 11 is 0. The molecule has 1 fully saturated rings. The van der Waals surface area contributed by atoms with E-state index in [1.807, 2.05) is 30.3 Å². The molecule has 1 saturated heterocycles. The van der Waals surface area contributed by atoms with Crippen molar-refractivity contribution in [2.45, 2.75) is 12.7 Å². The minimum Gasteiger partial charge on any atom is -0.475 e. The molecule has 0 aromatic heterocycles. The summed E-state index contributed by atoms with van der Waals surface area (Å²) in [6.45, 7) is 2.28. The van der Waals surface area contributed by atoms with Crippen LogP contribution in [0.25, 0.3) is 0 Å². The van der Waals surface area contributed by atoms with Crippen LogP contribution in [0.4, 0.5) is 13.2 Å². The van der Waals surface area contributed by atoms with E-state index in [2.05, 4.69) is 10.6 Å². The summed E-state index contributed by atoms with van der Waals surface area (Å²) in [4.78, 5) is 20.3. The van der Waals surface area contributed by atoms with Gasteiger partial charge in [-0.3, -0.25) is 4.79 Å². The smallest absolute Gasteiger partial charge is 0.475 e. The van der Waals surface area contributed by atoms with Crippen LogP contribution in [0.3, 0.4) is 0 Å². The molecule has 3 N–H and O–H groups in total. The van der Waals surface area contributed by atoms with Crippen molar-refractivity contribution in [2.75, 3.05) is 13.1 Å². The predicted molar refractivity (Wildman–Crippen MR) is 68.3 cm³/mol. The number of nitrogens with one attached hydrogen (secondary N) is 2. The van der Waals surface area contributed by atoms with Crippen molar-refractivity contribution in [1.82, 2.24) is 10.6 Å². The molecule has 5 nitrogen and oxygen atoms in total. The number of carbonyl (C=O) groups is 2. The number of rotatable bonds is 3. The van der Waals surface area contributed by atoms with Gasteiger partial charge in [0, 0.05) is 19.6 Å². The third-order valence-corrected chi connectivity index (χ3v) is 2.70. The van der Waals surface area contributed by atoms with Crippen LogP contribution in [-0.4, -0.2) is 36.2 Å². The van der Waals surface area contributed by atoms with Crippen molar-refractivity contribution in [3.8, 4) is 0 Å². The third kappa shape index (κ3) is 6.26. The topological polar surface area (TPSA) is 78.4 Å². The molecule has 1 amide bonds. The second kappa shape index (κ2) is 7.63. The van der Waals surface area contributed by atoms with E-state index in [9.17, 15) is 18.0 Å². The number of aliphatic carboxylic acids is 1. The van der Waals surface area contributed by atoms with Gasteiger partial charge in [0.2, 0.25) is 5.91 Å². The fourth-order valence-corrected chi connectivity index (χ4v) is 1.40. The average Bonchev–Trinajstić information content (AvgIpc) is 2.35. The Kier molecular flexibility index (Phi) is 6.16. The van der Waals surface area contributed by atoms with Gasteiger partial charge < -0.3 is 15.7 Å². The number of benzene rings is 1. The van der Waals surface area contributed by atoms with Crippen LogP contribution in [0, 0.1) is 5.92 Å². The predicted octanol–water partition coefficient (Wildman–Crippen LogP) is 1.16. The molecule has 0 saturated carbocycles. The molecule has 0 bridgehead atoms. The van der Waals surface area contributed by atoms with Crippen LogP contribution < -0.4 is 10.6 Å². The molecule has 0 atom stereocenters. The molecular formula is C13H15F3N2O3. The molecule has 1 heterocycles. The molecule has 21 heavy (non-hydrogen) atoms. The van der Waals surface area contributed by atoms with Gasteiger partial charge in [0.15, 0.2) is 0 Å². The second-order valence-electron chi connectivity index (χ2n) is 4.36.